The van der Waals surface area contributed by atoms with Gasteiger partial charge in [0.1, 0.15) is 0 Å². The number of benzene rings is 2. The van der Waals surface area contributed by atoms with Gasteiger partial charge in [0.25, 0.3) is 5.91 Å². The molecule has 2 aromatic rings. The Bertz CT molecular complexity index is 816. The third-order valence-corrected chi connectivity index (χ3v) is 4.16. The fraction of sp³-hybridized carbons (Fsp3) is 0.286. The minimum absolute atomic E-state index is 0.0432. The summed E-state index contributed by atoms with van der Waals surface area (Å²) in [4.78, 5) is 37.7. The average Bonchev–Trinajstić information content (AvgIpc) is 2.63. The quantitative estimate of drug-likeness (QED) is 0.789. The Balaban J connectivity index is 1.75. The van der Waals surface area contributed by atoms with Crippen molar-refractivity contribution in [3.63, 3.8) is 0 Å². The second-order valence-electron chi connectivity index (χ2n) is 6.48. The van der Waals surface area contributed by atoms with Crippen LogP contribution in [-0.2, 0) is 9.59 Å². The SMILES string of the molecule is Cc1ccc(NC(=O)CN(C)C(=O)CCNC(=O)c2ccccc2C)cc1. The minimum atomic E-state index is -0.265. The number of likely N-dealkylation sites (N-methyl/N-ethyl adjacent to an activating group) is 1. The van der Waals surface area contributed by atoms with E-state index in [0.717, 1.165) is 11.1 Å². The van der Waals surface area contributed by atoms with Crippen LogP contribution in [0.15, 0.2) is 48.5 Å². The summed E-state index contributed by atoms with van der Waals surface area (Å²) in [6.45, 7) is 4.00. The summed E-state index contributed by atoms with van der Waals surface area (Å²) in [5.41, 5.74) is 3.27. The number of amides is 3. The number of anilines is 1. The summed E-state index contributed by atoms with van der Waals surface area (Å²) in [6.07, 6.45) is 0.131. The second-order valence-corrected chi connectivity index (χ2v) is 6.48. The van der Waals surface area contributed by atoms with E-state index in [9.17, 15) is 14.4 Å². The molecule has 0 aliphatic rings. The molecule has 0 saturated heterocycles. The van der Waals surface area contributed by atoms with Crippen molar-refractivity contribution in [2.24, 2.45) is 0 Å². The Kier molecular flexibility index (Phi) is 7.11. The lowest BCUT2D eigenvalue weighted by Crippen LogP contribution is -2.37. The van der Waals surface area contributed by atoms with E-state index in [4.69, 9.17) is 0 Å². The first-order valence-corrected chi connectivity index (χ1v) is 8.81. The molecule has 2 N–H and O–H groups in total. The molecule has 0 aromatic heterocycles. The van der Waals surface area contributed by atoms with Crippen molar-refractivity contribution in [3.05, 3.63) is 65.2 Å². The zero-order valence-corrected chi connectivity index (χ0v) is 15.9. The number of nitrogens with one attached hydrogen (secondary N) is 2. The van der Waals surface area contributed by atoms with Crippen LogP contribution in [0.5, 0.6) is 0 Å². The predicted molar refractivity (Wildman–Crippen MR) is 106 cm³/mol. The van der Waals surface area contributed by atoms with Crippen molar-refractivity contribution in [2.45, 2.75) is 20.3 Å². The lowest BCUT2D eigenvalue weighted by molar-refractivity contribution is -0.133. The van der Waals surface area contributed by atoms with Crippen molar-refractivity contribution < 1.29 is 14.4 Å². The molecular weight excluding hydrogens is 342 g/mol. The highest BCUT2D eigenvalue weighted by Crippen LogP contribution is 2.09. The van der Waals surface area contributed by atoms with Gasteiger partial charge in [0, 0.05) is 31.3 Å². The molecule has 0 aliphatic carbocycles. The molecule has 0 heterocycles. The molecular formula is C21H25N3O3. The van der Waals surface area contributed by atoms with Crippen LogP contribution in [0.3, 0.4) is 0 Å². The van der Waals surface area contributed by atoms with E-state index >= 15 is 0 Å². The van der Waals surface area contributed by atoms with Gasteiger partial charge >= 0.3 is 0 Å². The van der Waals surface area contributed by atoms with Gasteiger partial charge in [0.15, 0.2) is 0 Å². The Labute approximate surface area is 159 Å². The zero-order valence-electron chi connectivity index (χ0n) is 15.9. The fourth-order valence-corrected chi connectivity index (χ4v) is 2.54. The smallest absolute Gasteiger partial charge is 0.251 e. The molecule has 3 amide bonds. The molecule has 0 unspecified atom stereocenters. The minimum Gasteiger partial charge on any atom is -0.352 e. The molecule has 0 atom stereocenters. The maximum Gasteiger partial charge on any atom is 0.251 e. The molecule has 27 heavy (non-hydrogen) atoms. The first-order chi connectivity index (χ1) is 12.9. The van der Waals surface area contributed by atoms with E-state index in [1.165, 1.54) is 4.90 Å². The van der Waals surface area contributed by atoms with E-state index in [2.05, 4.69) is 10.6 Å². The lowest BCUT2D eigenvalue weighted by atomic mass is 10.1. The Hall–Kier alpha value is -3.15. The van der Waals surface area contributed by atoms with Gasteiger partial charge in [-0.25, -0.2) is 0 Å². The Morgan fingerprint density at radius 3 is 2.30 bits per heavy atom. The van der Waals surface area contributed by atoms with Gasteiger partial charge in [-0.15, -0.1) is 0 Å². The number of nitrogens with zero attached hydrogens (tertiary/aromatic N) is 1. The molecule has 6 heteroatoms. The Morgan fingerprint density at radius 2 is 1.63 bits per heavy atom. The van der Waals surface area contributed by atoms with E-state index in [-0.39, 0.29) is 37.2 Å². The first kappa shape index (κ1) is 20.2. The third kappa shape index (κ3) is 6.26. The summed E-state index contributed by atoms with van der Waals surface area (Å²) in [5.74, 6) is -0.682. The van der Waals surface area contributed by atoms with Crippen LogP contribution in [0.25, 0.3) is 0 Å². The van der Waals surface area contributed by atoms with Gasteiger partial charge in [0.05, 0.1) is 6.54 Å². The van der Waals surface area contributed by atoms with Crippen molar-refractivity contribution in [2.75, 3.05) is 25.5 Å². The summed E-state index contributed by atoms with van der Waals surface area (Å²) in [6, 6.07) is 14.7. The summed E-state index contributed by atoms with van der Waals surface area (Å²) in [7, 11) is 1.57. The molecule has 6 nitrogen and oxygen atoms in total. The lowest BCUT2D eigenvalue weighted by Gasteiger charge is -2.17. The van der Waals surface area contributed by atoms with Crippen molar-refractivity contribution in [3.8, 4) is 0 Å². The highest BCUT2D eigenvalue weighted by Gasteiger charge is 2.14. The molecule has 0 saturated carbocycles. The zero-order chi connectivity index (χ0) is 19.8. The molecule has 0 spiro atoms. The van der Waals surface area contributed by atoms with Crippen molar-refractivity contribution >= 4 is 23.4 Å². The predicted octanol–water partition coefficient (Wildman–Crippen LogP) is 2.52. The van der Waals surface area contributed by atoms with Gasteiger partial charge in [0.2, 0.25) is 11.8 Å². The molecule has 2 rings (SSSR count). The average molecular weight is 367 g/mol. The third-order valence-electron chi connectivity index (χ3n) is 4.16. The van der Waals surface area contributed by atoms with E-state index < -0.39 is 0 Å². The van der Waals surface area contributed by atoms with Crippen LogP contribution in [0, 0.1) is 13.8 Å². The fourth-order valence-electron chi connectivity index (χ4n) is 2.54. The first-order valence-electron chi connectivity index (χ1n) is 8.81. The summed E-state index contributed by atoms with van der Waals surface area (Å²) in [5, 5.41) is 5.49. The monoisotopic (exact) mass is 367 g/mol. The van der Waals surface area contributed by atoms with Crippen LogP contribution in [0.1, 0.15) is 27.9 Å². The van der Waals surface area contributed by atoms with Gasteiger partial charge in [-0.1, -0.05) is 35.9 Å². The summed E-state index contributed by atoms with van der Waals surface area (Å²) >= 11 is 0. The number of hydrogen-bond acceptors (Lipinski definition) is 3. The van der Waals surface area contributed by atoms with Gasteiger partial charge in [-0.2, -0.15) is 0 Å². The van der Waals surface area contributed by atoms with Gasteiger partial charge in [-0.05, 0) is 37.6 Å². The largest absolute Gasteiger partial charge is 0.352 e. The molecule has 0 radical (unpaired) electrons. The number of carbonyl (C=O) groups is 3. The topological polar surface area (TPSA) is 78.5 Å². The number of carbonyl (C=O) groups excluding carboxylic acids is 3. The van der Waals surface area contributed by atoms with E-state index in [1.807, 2.05) is 50.2 Å². The Morgan fingerprint density at radius 1 is 0.963 bits per heavy atom. The maximum atomic E-state index is 12.2. The number of aryl methyl sites for hydroxylation is 2. The normalized spacial score (nSPS) is 10.2. The molecule has 0 aliphatic heterocycles. The number of hydrogen-bond donors (Lipinski definition) is 2. The molecule has 142 valence electrons. The van der Waals surface area contributed by atoms with Crippen molar-refractivity contribution in [1.82, 2.24) is 10.2 Å². The van der Waals surface area contributed by atoms with Crippen LogP contribution in [0.4, 0.5) is 5.69 Å². The van der Waals surface area contributed by atoms with Crippen LogP contribution >= 0.6 is 0 Å². The molecule has 0 bridgehead atoms. The van der Waals surface area contributed by atoms with Crippen LogP contribution < -0.4 is 10.6 Å². The molecule has 0 fully saturated rings. The van der Waals surface area contributed by atoms with Crippen molar-refractivity contribution in [1.29, 1.82) is 0 Å². The second kappa shape index (κ2) is 9.52. The highest BCUT2D eigenvalue weighted by molar-refractivity contribution is 5.96. The summed E-state index contributed by atoms with van der Waals surface area (Å²) < 4.78 is 0. The van der Waals surface area contributed by atoms with Crippen LogP contribution in [0.2, 0.25) is 0 Å². The number of rotatable bonds is 7. The van der Waals surface area contributed by atoms with Gasteiger partial charge < -0.3 is 15.5 Å². The molecule has 2 aromatic carbocycles. The van der Waals surface area contributed by atoms with E-state index in [0.29, 0.717) is 11.3 Å². The standard InChI is InChI=1S/C21H25N3O3/c1-15-8-10-17(11-9-15)23-19(25)14-24(3)20(26)12-13-22-21(27)18-7-5-4-6-16(18)2/h4-11H,12-14H2,1-3H3,(H,22,27)(H,23,25). The van der Waals surface area contributed by atoms with Gasteiger partial charge in [-0.3, -0.25) is 14.4 Å². The van der Waals surface area contributed by atoms with E-state index in [1.54, 1.807) is 19.2 Å². The van der Waals surface area contributed by atoms with Crippen LogP contribution in [-0.4, -0.2) is 42.8 Å². The highest BCUT2D eigenvalue weighted by atomic mass is 16.2. The maximum absolute atomic E-state index is 12.2.